The zero-order valence-electron chi connectivity index (χ0n) is 10.6. The molecule has 102 valence electrons. The van der Waals surface area contributed by atoms with Crippen LogP contribution in [0.5, 0.6) is 11.5 Å². The fourth-order valence-corrected chi connectivity index (χ4v) is 3.01. The largest absolute Gasteiger partial charge is 0.496 e. The van der Waals surface area contributed by atoms with Crippen molar-refractivity contribution in [1.29, 1.82) is 0 Å². The fourth-order valence-electron chi connectivity index (χ4n) is 1.87. The Hall–Kier alpha value is -1.27. The summed E-state index contributed by atoms with van der Waals surface area (Å²) in [5.41, 5.74) is 3.76. The monoisotopic (exact) mass is 298 g/mol. The highest BCUT2D eigenvalue weighted by Gasteiger charge is 2.19. The second kappa shape index (κ2) is 6.25. The second-order valence-electron chi connectivity index (χ2n) is 3.85. The van der Waals surface area contributed by atoms with E-state index >= 15 is 0 Å². The zero-order valence-corrected chi connectivity index (χ0v) is 12.2. The van der Waals surface area contributed by atoms with Crippen LogP contribution in [0.2, 0.25) is 5.02 Å². The van der Waals surface area contributed by atoms with Crippen LogP contribution in [0.4, 0.5) is 0 Å². The highest BCUT2D eigenvalue weighted by molar-refractivity contribution is 7.10. The van der Waals surface area contributed by atoms with Crippen LogP contribution in [-0.2, 0) is 0 Å². The second-order valence-corrected chi connectivity index (χ2v) is 5.20. The van der Waals surface area contributed by atoms with Crippen LogP contribution >= 0.6 is 22.9 Å². The number of benzene rings is 1. The molecule has 0 bridgehead atoms. The summed E-state index contributed by atoms with van der Waals surface area (Å²) in [5.74, 6) is 7.10. The first-order valence-corrected chi connectivity index (χ1v) is 6.88. The highest BCUT2D eigenvalue weighted by atomic mass is 35.5. The standard InChI is InChI=1S/C13H15ClN2O2S/c1-17-10-5-6-19-13(10)12(16-15)8-3-4-9(14)11(7-8)18-2/h3-7,12,16H,15H2,1-2H3. The molecule has 0 saturated carbocycles. The van der Waals surface area contributed by atoms with Gasteiger partial charge in [0.15, 0.2) is 0 Å². The number of rotatable bonds is 5. The van der Waals surface area contributed by atoms with Gasteiger partial charge in [0, 0.05) is 0 Å². The summed E-state index contributed by atoms with van der Waals surface area (Å²) in [6, 6.07) is 7.32. The summed E-state index contributed by atoms with van der Waals surface area (Å²) in [5, 5.41) is 2.53. The Morgan fingerprint density at radius 2 is 1.95 bits per heavy atom. The van der Waals surface area contributed by atoms with Gasteiger partial charge in [0.05, 0.1) is 30.2 Å². The Kier molecular flexibility index (Phi) is 4.66. The average Bonchev–Trinajstić information content (AvgIpc) is 2.89. The van der Waals surface area contributed by atoms with Crippen molar-refractivity contribution in [2.45, 2.75) is 6.04 Å². The molecule has 1 unspecified atom stereocenters. The topological polar surface area (TPSA) is 56.5 Å². The first kappa shape index (κ1) is 14.1. The number of nitrogens with one attached hydrogen (secondary N) is 1. The lowest BCUT2D eigenvalue weighted by atomic mass is 10.1. The zero-order chi connectivity index (χ0) is 13.8. The first-order valence-electron chi connectivity index (χ1n) is 5.62. The third-order valence-electron chi connectivity index (χ3n) is 2.81. The van der Waals surface area contributed by atoms with E-state index in [1.165, 1.54) is 0 Å². The molecular formula is C13H15ClN2O2S. The molecule has 6 heteroatoms. The summed E-state index contributed by atoms with van der Waals surface area (Å²) in [6.45, 7) is 0. The quantitative estimate of drug-likeness (QED) is 0.658. The Morgan fingerprint density at radius 1 is 1.21 bits per heavy atom. The summed E-state index contributed by atoms with van der Waals surface area (Å²) >= 11 is 7.61. The number of halogens is 1. The predicted molar refractivity (Wildman–Crippen MR) is 78.0 cm³/mol. The molecule has 0 amide bonds. The lowest BCUT2D eigenvalue weighted by molar-refractivity contribution is 0.406. The molecule has 1 aromatic heterocycles. The van der Waals surface area contributed by atoms with Gasteiger partial charge in [-0.25, -0.2) is 5.43 Å². The number of hydrogen-bond donors (Lipinski definition) is 2. The molecule has 0 radical (unpaired) electrons. The molecule has 0 saturated heterocycles. The minimum Gasteiger partial charge on any atom is -0.496 e. The number of ether oxygens (including phenoxy) is 2. The van der Waals surface area contributed by atoms with Crippen molar-refractivity contribution in [2.75, 3.05) is 14.2 Å². The van der Waals surface area contributed by atoms with Crippen LogP contribution in [0.15, 0.2) is 29.6 Å². The molecule has 3 N–H and O–H groups in total. The van der Waals surface area contributed by atoms with E-state index in [1.54, 1.807) is 31.6 Å². The maximum absolute atomic E-state index is 6.03. The number of hydrazine groups is 1. The molecule has 0 aliphatic heterocycles. The van der Waals surface area contributed by atoms with Gasteiger partial charge in [-0.15, -0.1) is 11.3 Å². The first-order chi connectivity index (χ1) is 9.21. The number of hydrogen-bond acceptors (Lipinski definition) is 5. The maximum Gasteiger partial charge on any atom is 0.137 e. The maximum atomic E-state index is 6.03. The third kappa shape index (κ3) is 2.84. The van der Waals surface area contributed by atoms with Gasteiger partial charge in [-0.3, -0.25) is 5.84 Å². The van der Waals surface area contributed by atoms with E-state index in [9.17, 15) is 0 Å². The molecule has 1 aromatic carbocycles. The lowest BCUT2D eigenvalue weighted by Gasteiger charge is -2.17. The Labute approximate surface area is 121 Å². The van der Waals surface area contributed by atoms with Crippen LogP contribution in [0.25, 0.3) is 0 Å². The van der Waals surface area contributed by atoms with Crippen LogP contribution in [0.3, 0.4) is 0 Å². The molecule has 1 heterocycles. The Morgan fingerprint density at radius 3 is 2.58 bits per heavy atom. The van der Waals surface area contributed by atoms with E-state index in [2.05, 4.69) is 5.43 Å². The summed E-state index contributed by atoms with van der Waals surface area (Å²) < 4.78 is 10.6. The van der Waals surface area contributed by atoms with E-state index in [-0.39, 0.29) is 6.04 Å². The third-order valence-corrected chi connectivity index (χ3v) is 4.09. The van der Waals surface area contributed by atoms with E-state index < -0.39 is 0 Å². The average molecular weight is 299 g/mol. The van der Waals surface area contributed by atoms with Crippen molar-refractivity contribution in [3.63, 3.8) is 0 Å². The molecule has 0 fully saturated rings. The minimum absolute atomic E-state index is 0.166. The van der Waals surface area contributed by atoms with Crippen LogP contribution in [0.1, 0.15) is 16.5 Å². The van der Waals surface area contributed by atoms with Gasteiger partial charge in [-0.2, -0.15) is 0 Å². The van der Waals surface area contributed by atoms with Crippen molar-refractivity contribution in [3.05, 3.63) is 45.1 Å². The van der Waals surface area contributed by atoms with Crippen molar-refractivity contribution in [1.82, 2.24) is 5.43 Å². The molecule has 1 atom stereocenters. The van der Waals surface area contributed by atoms with Crippen molar-refractivity contribution >= 4 is 22.9 Å². The molecular weight excluding hydrogens is 284 g/mol. The van der Waals surface area contributed by atoms with Crippen molar-refractivity contribution < 1.29 is 9.47 Å². The normalized spacial score (nSPS) is 12.2. The number of thiophene rings is 1. The van der Waals surface area contributed by atoms with E-state index in [1.807, 2.05) is 23.6 Å². The Balaban J connectivity index is 2.42. The molecule has 19 heavy (non-hydrogen) atoms. The SMILES string of the molecule is COc1cc(C(NN)c2sccc2OC)ccc1Cl. The van der Waals surface area contributed by atoms with Gasteiger partial charge in [0.1, 0.15) is 11.5 Å². The number of methoxy groups -OCH3 is 2. The van der Waals surface area contributed by atoms with E-state index in [0.29, 0.717) is 10.8 Å². The van der Waals surface area contributed by atoms with Gasteiger partial charge >= 0.3 is 0 Å². The van der Waals surface area contributed by atoms with Gasteiger partial charge in [-0.1, -0.05) is 17.7 Å². The van der Waals surface area contributed by atoms with Gasteiger partial charge in [0.2, 0.25) is 0 Å². The van der Waals surface area contributed by atoms with Crippen molar-refractivity contribution in [3.8, 4) is 11.5 Å². The van der Waals surface area contributed by atoms with E-state index in [4.69, 9.17) is 26.9 Å². The lowest BCUT2D eigenvalue weighted by Crippen LogP contribution is -2.28. The van der Waals surface area contributed by atoms with Gasteiger partial charge < -0.3 is 9.47 Å². The predicted octanol–water partition coefficient (Wildman–Crippen LogP) is 2.97. The van der Waals surface area contributed by atoms with Crippen LogP contribution < -0.4 is 20.7 Å². The summed E-state index contributed by atoms with van der Waals surface area (Å²) in [7, 11) is 3.23. The van der Waals surface area contributed by atoms with Crippen LogP contribution in [0, 0.1) is 0 Å². The van der Waals surface area contributed by atoms with Gasteiger partial charge in [-0.05, 0) is 29.1 Å². The summed E-state index contributed by atoms with van der Waals surface area (Å²) in [4.78, 5) is 1.01. The minimum atomic E-state index is -0.166. The molecule has 0 aliphatic rings. The van der Waals surface area contributed by atoms with Crippen LogP contribution in [-0.4, -0.2) is 14.2 Å². The molecule has 0 aliphatic carbocycles. The van der Waals surface area contributed by atoms with Gasteiger partial charge in [0.25, 0.3) is 0 Å². The van der Waals surface area contributed by atoms with Crippen molar-refractivity contribution in [2.24, 2.45) is 5.84 Å². The Bertz CT molecular complexity index is 559. The number of nitrogens with two attached hydrogens (primary N) is 1. The summed E-state index contributed by atoms with van der Waals surface area (Å²) in [6.07, 6.45) is 0. The highest BCUT2D eigenvalue weighted by Crippen LogP contribution is 2.36. The molecule has 2 rings (SSSR count). The smallest absolute Gasteiger partial charge is 0.137 e. The fraction of sp³-hybridized carbons (Fsp3) is 0.231. The van der Waals surface area contributed by atoms with E-state index in [0.717, 1.165) is 16.2 Å². The molecule has 2 aromatic rings. The molecule has 0 spiro atoms. The molecule has 4 nitrogen and oxygen atoms in total.